The SMILES string of the molecule is Cc1nc2ccc(C3(CCCl)COC3)cc2[nH]1. The lowest BCUT2D eigenvalue weighted by Gasteiger charge is -2.41. The van der Waals surface area contributed by atoms with Crippen LogP contribution in [0.2, 0.25) is 0 Å². The molecule has 2 heterocycles. The molecule has 1 N–H and O–H groups in total. The molecule has 2 aromatic rings. The maximum atomic E-state index is 5.90. The third-order valence-corrected chi connectivity index (χ3v) is 3.73. The van der Waals surface area contributed by atoms with Crippen molar-refractivity contribution in [2.45, 2.75) is 18.8 Å². The number of aryl methyl sites for hydroxylation is 1. The van der Waals surface area contributed by atoms with Crippen LogP contribution in [0.1, 0.15) is 17.8 Å². The average molecular weight is 251 g/mol. The van der Waals surface area contributed by atoms with Gasteiger partial charge in [-0.1, -0.05) is 6.07 Å². The van der Waals surface area contributed by atoms with Crippen molar-refractivity contribution in [2.24, 2.45) is 0 Å². The van der Waals surface area contributed by atoms with Crippen LogP contribution in [0, 0.1) is 6.92 Å². The third kappa shape index (κ3) is 1.74. The number of ether oxygens (including phenoxy) is 1. The van der Waals surface area contributed by atoms with Crippen molar-refractivity contribution in [3.05, 3.63) is 29.6 Å². The summed E-state index contributed by atoms with van der Waals surface area (Å²) in [7, 11) is 0. The van der Waals surface area contributed by atoms with Gasteiger partial charge in [0.15, 0.2) is 0 Å². The highest BCUT2D eigenvalue weighted by Crippen LogP contribution is 2.37. The van der Waals surface area contributed by atoms with Crippen molar-refractivity contribution < 1.29 is 4.74 Å². The number of hydrogen-bond acceptors (Lipinski definition) is 2. The number of fused-ring (bicyclic) bond motifs is 1. The van der Waals surface area contributed by atoms with E-state index in [0.717, 1.165) is 36.5 Å². The van der Waals surface area contributed by atoms with Crippen molar-refractivity contribution in [1.82, 2.24) is 9.97 Å². The second-order valence-corrected chi connectivity index (χ2v) is 5.14. The van der Waals surface area contributed by atoms with Crippen molar-refractivity contribution in [2.75, 3.05) is 19.1 Å². The Kier molecular flexibility index (Phi) is 2.60. The van der Waals surface area contributed by atoms with Crippen LogP contribution in [0.3, 0.4) is 0 Å². The van der Waals surface area contributed by atoms with Gasteiger partial charge in [-0.15, -0.1) is 11.6 Å². The summed E-state index contributed by atoms with van der Waals surface area (Å²) >= 11 is 5.90. The number of rotatable bonds is 3. The van der Waals surface area contributed by atoms with Crippen LogP contribution in [0.4, 0.5) is 0 Å². The Morgan fingerprint density at radius 2 is 2.29 bits per heavy atom. The zero-order valence-electron chi connectivity index (χ0n) is 9.79. The molecule has 0 saturated carbocycles. The molecule has 1 aromatic heterocycles. The number of nitrogens with zero attached hydrogens (tertiary/aromatic N) is 1. The average Bonchev–Trinajstić information content (AvgIpc) is 2.62. The van der Waals surface area contributed by atoms with E-state index in [1.807, 2.05) is 6.92 Å². The number of alkyl halides is 1. The van der Waals surface area contributed by atoms with E-state index in [1.165, 1.54) is 5.56 Å². The molecule has 0 radical (unpaired) electrons. The molecule has 1 aliphatic rings. The standard InChI is InChI=1S/C13H15ClN2O/c1-9-15-11-3-2-10(6-12(11)16-9)13(4-5-14)7-17-8-13/h2-3,6H,4-5,7-8H2,1H3,(H,15,16). The Morgan fingerprint density at radius 3 is 2.94 bits per heavy atom. The number of hydrogen-bond donors (Lipinski definition) is 1. The second kappa shape index (κ2) is 4.00. The fourth-order valence-electron chi connectivity index (χ4n) is 2.45. The lowest BCUT2D eigenvalue weighted by molar-refractivity contribution is -0.0615. The van der Waals surface area contributed by atoms with Crippen molar-refractivity contribution in [1.29, 1.82) is 0 Å². The van der Waals surface area contributed by atoms with E-state index in [2.05, 4.69) is 28.2 Å². The minimum atomic E-state index is 0.120. The first kappa shape index (κ1) is 11.1. The number of aromatic nitrogens is 2. The smallest absolute Gasteiger partial charge is 0.104 e. The van der Waals surface area contributed by atoms with E-state index in [0.29, 0.717) is 5.88 Å². The van der Waals surface area contributed by atoms with Crippen LogP contribution in [0.25, 0.3) is 11.0 Å². The lowest BCUT2D eigenvalue weighted by Crippen LogP contribution is -2.47. The third-order valence-electron chi connectivity index (χ3n) is 3.54. The predicted octanol–water partition coefficient (Wildman–Crippen LogP) is 2.77. The summed E-state index contributed by atoms with van der Waals surface area (Å²) in [5.74, 6) is 1.62. The van der Waals surface area contributed by atoms with E-state index in [9.17, 15) is 0 Å². The number of benzene rings is 1. The van der Waals surface area contributed by atoms with Crippen molar-refractivity contribution in [3.63, 3.8) is 0 Å². The molecule has 90 valence electrons. The topological polar surface area (TPSA) is 37.9 Å². The fraction of sp³-hybridized carbons (Fsp3) is 0.462. The summed E-state index contributed by atoms with van der Waals surface area (Å²) in [5.41, 5.74) is 3.54. The molecular weight excluding hydrogens is 236 g/mol. The first-order valence-electron chi connectivity index (χ1n) is 5.84. The Labute approximate surface area is 105 Å². The molecule has 0 bridgehead atoms. The van der Waals surface area contributed by atoms with Gasteiger partial charge in [0.25, 0.3) is 0 Å². The van der Waals surface area contributed by atoms with Crippen LogP contribution < -0.4 is 0 Å². The summed E-state index contributed by atoms with van der Waals surface area (Å²) < 4.78 is 5.38. The van der Waals surface area contributed by atoms with Gasteiger partial charge in [0.1, 0.15) is 5.82 Å². The largest absolute Gasteiger partial charge is 0.379 e. The van der Waals surface area contributed by atoms with Crippen LogP contribution in [-0.4, -0.2) is 29.1 Å². The predicted molar refractivity (Wildman–Crippen MR) is 68.7 cm³/mol. The fourth-order valence-corrected chi connectivity index (χ4v) is 2.81. The molecule has 1 fully saturated rings. The van der Waals surface area contributed by atoms with Crippen molar-refractivity contribution in [3.8, 4) is 0 Å². The molecule has 1 aliphatic heterocycles. The Morgan fingerprint density at radius 1 is 1.47 bits per heavy atom. The van der Waals surface area contributed by atoms with E-state index >= 15 is 0 Å². The molecule has 1 saturated heterocycles. The lowest BCUT2D eigenvalue weighted by atomic mass is 9.76. The maximum absolute atomic E-state index is 5.90. The quantitative estimate of drug-likeness (QED) is 0.851. The molecule has 3 rings (SSSR count). The number of H-pyrrole nitrogens is 1. The van der Waals surface area contributed by atoms with Gasteiger partial charge in [0.05, 0.1) is 24.2 Å². The molecule has 17 heavy (non-hydrogen) atoms. The number of halogens is 1. The summed E-state index contributed by atoms with van der Waals surface area (Å²) in [6, 6.07) is 6.41. The van der Waals surface area contributed by atoms with E-state index in [1.54, 1.807) is 0 Å². The monoisotopic (exact) mass is 250 g/mol. The van der Waals surface area contributed by atoms with Gasteiger partial charge in [-0.2, -0.15) is 0 Å². The summed E-state index contributed by atoms with van der Waals surface area (Å²) in [4.78, 5) is 7.69. The summed E-state index contributed by atoms with van der Waals surface area (Å²) in [6.07, 6.45) is 0.965. The highest BCUT2D eigenvalue weighted by molar-refractivity contribution is 6.17. The zero-order valence-corrected chi connectivity index (χ0v) is 10.5. The van der Waals surface area contributed by atoms with Gasteiger partial charge < -0.3 is 9.72 Å². The van der Waals surface area contributed by atoms with Crippen LogP contribution in [0.15, 0.2) is 18.2 Å². The molecule has 1 aromatic carbocycles. The molecule has 0 aliphatic carbocycles. The van der Waals surface area contributed by atoms with Crippen LogP contribution >= 0.6 is 11.6 Å². The molecule has 0 spiro atoms. The highest BCUT2D eigenvalue weighted by atomic mass is 35.5. The van der Waals surface area contributed by atoms with E-state index in [-0.39, 0.29) is 5.41 Å². The maximum Gasteiger partial charge on any atom is 0.104 e. The van der Waals surface area contributed by atoms with E-state index < -0.39 is 0 Å². The van der Waals surface area contributed by atoms with Gasteiger partial charge >= 0.3 is 0 Å². The highest BCUT2D eigenvalue weighted by Gasteiger charge is 2.39. The molecule has 0 atom stereocenters. The molecule has 0 amide bonds. The van der Waals surface area contributed by atoms with Gasteiger partial charge in [-0.3, -0.25) is 0 Å². The molecular formula is C13H15ClN2O. The Balaban J connectivity index is 2.04. The minimum absolute atomic E-state index is 0.120. The van der Waals surface area contributed by atoms with Gasteiger partial charge in [0, 0.05) is 11.3 Å². The molecule has 4 heteroatoms. The normalized spacial score (nSPS) is 18.2. The number of imidazole rings is 1. The first-order chi connectivity index (χ1) is 8.23. The van der Waals surface area contributed by atoms with Gasteiger partial charge in [-0.25, -0.2) is 4.98 Å². The van der Waals surface area contributed by atoms with Crippen LogP contribution in [-0.2, 0) is 10.2 Å². The zero-order chi connectivity index (χ0) is 11.9. The summed E-state index contributed by atoms with van der Waals surface area (Å²) in [5, 5.41) is 0. The molecule has 3 nitrogen and oxygen atoms in total. The first-order valence-corrected chi connectivity index (χ1v) is 6.38. The molecule has 0 unspecified atom stereocenters. The number of nitrogens with one attached hydrogen (secondary N) is 1. The Bertz CT molecular complexity index is 545. The van der Waals surface area contributed by atoms with Crippen molar-refractivity contribution >= 4 is 22.6 Å². The van der Waals surface area contributed by atoms with Gasteiger partial charge in [-0.05, 0) is 31.0 Å². The van der Waals surface area contributed by atoms with E-state index in [4.69, 9.17) is 16.3 Å². The summed E-state index contributed by atoms with van der Waals surface area (Å²) in [6.45, 7) is 3.53. The second-order valence-electron chi connectivity index (χ2n) is 4.77. The van der Waals surface area contributed by atoms with Crippen LogP contribution in [0.5, 0.6) is 0 Å². The number of aromatic amines is 1. The minimum Gasteiger partial charge on any atom is -0.379 e. The van der Waals surface area contributed by atoms with Gasteiger partial charge in [0.2, 0.25) is 0 Å². The Hall–Kier alpha value is -1.06.